The Bertz CT molecular complexity index is 728. The van der Waals surface area contributed by atoms with Crippen LogP contribution >= 0.6 is 12.2 Å². The van der Waals surface area contributed by atoms with Crippen LogP contribution in [0, 0.1) is 5.92 Å². The summed E-state index contributed by atoms with van der Waals surface area (Å²) in [7, 11) is 3.26. The Kier molecular flexibility index (Phi) is 5.76. The highest BCUT2D eigenvalue weighted by molar-refractivity contribution is 7.80. The van der Waals surface area contributed by atoms with E-state index < -0.39 is 11.6 Å². The number of hydrogen-bond acceptors (Lipinski definition) is 6. The molecular formula is C19H26N2O5S. The summed E-state index contributed by atoms with van der Waals surface area (Å²) >= 11 is 5.61. The summed E-state index contributed by atoms with van der Waals surface area (Å²) in [6, 6.07) is 5.29. The SMILES string of the molecule is CCOC(=O)[C@@H]1[C@H]2NC(=S)N(CCCOC)[C@@]1(C)Oc1c(OC)cccc12. The summed E-state index contributed by atoms with van der Waals surface area (Å²) < 4.78 is 22.5. The average Bonchev–Trinajstić information content (AvgIpc) is 2.63. The Balaban J connectivity index is 2.08. The van der Waals surface area contributed by atoms with Gasteiger partial charge in [-0.05, 0) is 38.6 Å². The van der Waals surface area contributed by atoms with E-state index in [0.717, 1.165) is 12.0 Å². The average molecular weight is 394 g/mol. The number of carbonyl (C=O) groups is 1. The fraction of sp³-hybridized carbons (Fsp3) is 0.579. The number of ether oxygens (including phenoxy) is 4. The van der Waals surface area contributed by atoms with E-state index in [9.17, 15) is 4.79 Å². The van der Waals surface area contributed by atoms with Crippen molar-refractivity contribution in [3.8, 4) is 11.5 Å². The van der Waals surface area contributed by atoms with E-state index in [2.05, 4.69) is 5.32 Å². The van der Waals surface area contributed by atoms with Gasteiger partial charge in [0.05, 0.1) is 19.8 Å². The zero-order chi connectivity index (χ0) is 19.6. The minimum atomic E-state index is -0.991. The number of thiocarbonyl (C=S) groups is 1. The van der Waals surface area contributed by atoms with Gasteiger partial charge in [-0.1, -0.05) is 12.1 Å². The van der Waals surface area contributed by atoms with Gasteiger partial charge in [-0.25, -0.2) is 0 Å². The Morgan fingerprint density at radius 1 is 1.41 bits per heavy atom. The van der Waals surface area contributed by atoms with Crippen molar-refractivity contribution in [1.29, 1.82) is 0 Å². The van der Waals surface area contributed by atoms with E-state index in [4.69, 9.17) is 31.2 Å². The molecule has 148 valence electrons. The molecule has 1 fully saturated rings. The number of benzene rings is 1. The molecule has 1 saturated heterocycles. The van der Waals surface area contributed by atoms with Crippen molar-refractivity contribution in [3.63, 3.8) is 0 Å². The Morgan fingerprint density at radius 3 is 2.85 bits per heavy atom. The molecule has 0 spiro atoms. The lowest BCUT2D eigenvalue weighted by molar-refractivity contribution is -0.175. The molecule has 7 nitrogen and oxygen atoms in total. The fourth-order valence-electron chi connectivity index (χ4n) is 3.88. The molecule has 1 aromatic rings. The van der Waals surface area contributed by atoms with Gasteiger partial charge in [0.25, 0.3) is 0 Å². The monoisotopic (exact) mass is 394 g/mol. The van der Waals surface area contributed by atoms with Crippen molar-refractivity contribution in [3.05, 3.63) is 23.8 Å². The van der Waals surface area contributed by atoms with Crippen molar-refractivity contribution in [1.82, 2.24) is 10.2 Å². The van der Waals surface area contributed by atoms with Crippen LogP contribution in [0.1, 0.15) is 31.9 Å². The third-order valence-corrected chi connectivity index (χ3v) is 5.45. The van der Waals surface area contributed by atoms with Gasteiger partial charge in [0.1, 0.15) is 5.92 Å². The van der Waals surface area contributed by atoms with Gasteiger partial charge in [0.15, 0.2) is 22.3 Å². The van der Waals surface area contributed by atoms with E-state index in [0.29, 0.717) is 36.4 Å². The largest absolute Gasteiger partial charge is 0.493 e. The second-order valence-corrected chi connectivity index (χ2v) is 7.08. The molecule has 1 aromatic carbocycles. The number of carbonyl (C=O) groups excluding carboxylic acids is 1. The van der Waals surface area contributed by atoms with Gasteiger partial charge < -0.3 is 29.2 Å². The lowest BCUT2D eigenvalue weighted by Crippen LogP contribution is -2.71. The number of esters is 1. The van der Waals surface area contributed by atoms with E-state index in [1.165, 1.54) is 0 Å². The lowest BCUT2D eigenvalue weighted by atomic mass is 9.79. The zero-order valence-electron chi connectivity index (χ0n) is 16.1. The Hall–Kier alpha value is -2.06. The van der Waals surface area contributed by atoms with Gasteiger partial charge >= 0.3 is 5.97 Å². The van der Waals surface area contributed by atoms with Gasteiger partial charge in [-0.15, -0.1) is 0 Å². The number of para-hydroxylation sites is 1. The maximum atomic E-state index is 12.9. The maximum Gasteiger partial charge on any atom is 0.317 e. The number of fused-ring (bicyclic) bond motifs is 4. The quantitative estimate of drug-likeness (QED) is 0.429. The molecular weight excluding hydrogens is 368 g/mol. The molecule has 2 aliphatic heterocycles. The molecule has 2 aliphatic rings. The summed E-state index contributed by atoms with van der Waals surface area (Å²) in [5, 5.41) is 3.88. The second-order valence-electron chi connectivity index (χ2n) is 6.69. The van der Waals surface area contributed by atoms with Gasteiger partial charge in [0, 0.05) is 25.8 Å². The topological polar surface area (TPSA) is 69.3 Å². The van der Waals surface area contributed by atoms with Crippen molar-refractivity contribution in [2.75, 3.05) is 34.0 Å². The highest BCUT2D eigenvalue weighted by Crippen LogP contribution is 2.51. The standard InChI is InChI=1S/C19H26N2O5S/c1-5-25-17(22)14-15-12-8-6-9-13(24-4)16(12)26-19(14,2)21(18(27)20-15)10-7-11-23-3/h6,8-9,14-15H,5,7,10-11H2,1-4H3,(H,20,27)/t14-,15-,19-/m0/s1. The summed E-state index contributed by atoms with van der Waals surface area (Å²) in [5.74, 6) is 0.355. The third kappa shape index (κ3) is 3.32. The molecule has 8 heteroatoms. The molecule has 27 heavy (non-hydrogen) atoms. The molecule has 0 unspecified atom stereocenters. The number of rotatable bonds is 7. The predicted octanol–water partition coefficient (Wildman–Crippen LogP) is 2.25. The number of hydrogen-bond donors (Lipinski definition) is 1. The van der Waals surface area contributed by atoms with Crippen molar-refractivity contribution < 1.29 is 23.7 Å². The molecule has 2 heterocycles. The predicted molar refractivity (Wildman–Crippen MR) is 104 cm³/mol. The van der Waals surface area contributed by atoms with Crippen molar-refractivity contribution in [2.45, 2.75) is 32.0 Å². The smallest absolute Gasteiger partial charge is 0.317 e. The minimum Gasteiger partial charge on any atom is -0.493 e. The van der Waals surface area contributed by atoms with E-state index in [-0.39, 0.29) is 12.0 Å². The van der Waals surface area contributed by atoms with Crippen LogP contribution in [-0.2, 0) is 14.3 Å². The number of nitrogens with one attached hydrogen (secondary N) is 1. The Labute approximate surface area is 164 Å². The first kappa shape index (κ1) is 19.7. The van der Waals surface area contributed by atoms with Gasteiger partial charge in [-0.3, -0.25) is 4.79 Å². The molecule has 0 aliphatic carbocycles. The van der Waals surface area contributed by atoms with Crippen LogP contribution in [0.15, 0.2) is 18.2 Å². The van der Waals surface area contributed by atoms with E-state index in [1.807, 2.05) is 30.0 Å². The number of methoxy groups -OCH3 is 2. The molecule has 0 aromatic heterocycles. The van der Waals surface area contributed by atoms with Crippen LogP contribution in [0.4, 0.5) is 0 Å². The summed E-state index contributed by atoms with van der Waals surface area (Å²) in [6.07, 6.45) is 0.746. The molecule has 0 radical (unpaired) electrons. The van der Waals surface area contributed by atoms with Crippen molar-refractivity contribution in [2.24, 2.45) is 5.92 Å². The first-order valence-corrected chi connectivity index (χ1v) is 9.48. The Morgan fingerprint density at radius 2 is 2.19 bits per heavy atom. The van der Waals surface area contributed by atoms with Crippen LogP contribution < -0.4 is 14.8 Å². The number of nitrogens with zero attached hydrogens (tertiary/aromatic N) is 1. The summed E-state index contributed by atoms with van der Waals surface area (Å²) in [6.45, 7) is 5.16. The molecule has 0 amide bonds. The molecule has 0 saturated carbocycles. The summed E-state index contributed by atoms with van der Waals surface area (Å²) in [4.78, 5) is 14.8. The van der Waals surface area contributed by atoms with Crippen LogP contribution in [0.5, 0.6) is 11.5 Å². The third-order valence-electron chi connectivity index (χ3n) is 5.11. The lowest BCUT2D eigenvalue weighted by Gasteiger charge is -2.55. The molecule has 3 atom stereocenters. The highest BCUT2D eigenvalue weighted by atomic mass is 32.1. The van der Waals surface area contributed by atoms with Crippen molar-refractivity contribution >= 4 is 23.3 Å². The molecule has 3 rings (SSSR count). The van der Waals surface area contributed by atoms with Gasteiger partial charge in [0.2, 0.25) is 0 Å². The molecule has 1 N–H and O–H groups in total. The van der Waals surface area contributed by atoms with E-state index in [1.54, 1.807) is 21.1 Å². The highest BCUT2D eigenvalue weighted by Gasteiger charge is 2.59. The second kappa shape index (κ2) is 7.90. The minimum absolute atomic E-state index is 0.303. The van der Waals surface area contributed by atoms with Gasteiger partial charge in [-0.2, -0.15) is 0 Å². The normalized spacial score (nSPS) is 25.9. The first-order valence-electron chi connectivity index (χ1n) is 9.07. The summed E-state index contributed by atoms with van der Waals surface area (Å²) in [5.41, 5.74) is -0.155. The maximum absolute atomic E-state index is 12.9. The van der Waals surface area contributed by atoms with E-state index >= 15 is 0 Å². The van der Waals surface area contributed by atoms with Crippen LogP contribution in [0.2, 0.25) is 0 Å². The molecule has 2 bridgehead atoms. The first-order chi connectivity index (χ1) is 13.0. The van der Waals surface area contributed by atoms with Crippen LogP contribution in [0.25, 0.3) is 0 Å². The van der Waals surface area contributed by atoms with Crippen LogP contribution in [0.3, 0.4) is 0 Å². The van der Waals surface area contributed by atoms with Crippen LogP contribution in [-0.4, -0.2) is 55.7 Å². The zero-order valence-corrected chi connectivity index (χ0v) is 16.9. The fourth-order valence-corrected chi connectivity index (χ4v) is 4.28.